The molecule has 98 valence electrons. The second-order valence-corrected chi connectivity index (χ2v) is 4.68. The lowest BCUT2D eigenvalue weighted by Crippen LogP contribution is -1.89. The van der Waals surface area contributed by atoms with Crippen molar-refractivity contribution in [2.75, 3.05) is 0 Å². The van der Waals surface area contributed by atoms with Crippen LogP contribution in [0.3, 0.4) is 0 Å². The molecular formula is H8O10S5. The van der Waals surface area contributed by atoms with Crippen LogP contribution in [0.25, 0.3) is 0 Å². The minimum atomic E-state index is -4.67. The second kappa shape index (κ2) is 11.1. The lowest BCUT2D eigenvalue weighted by Gasteiger charge is -1.73. The van der Waals surface area contributed by atoms with Crippen LogP contribution in [0.1, 0.15) is 0 Å². The Morgan fingerprint density at radius 3 is 0.933 bits per heavy atom. The zero-order valence-electron chi connectivity index (χ0n) is 6.45. The van der Waals surface area contributed by atoms with Crippen molar-refractivity contribution in [1.82, 2.24) is 0 Å². The lowest BCUT2D eigenvalue weighted by atomic mass is 15.8. The third-order valence-electron chi connectivity index (χ3n) is 0. The Kier molecular flexibility index (Phi) is 18.2. The van der Waals surface area contributed by atoms with Crippen LogP contribution in [-0.2, 0) is 42.0 Å². The Morgan fingerprint density at radius 2 is 0.933 bits per heavy atom. The molecular weight excluding hydrogens is 320 g/mol. The minimum Gasteiger partial charge on any atom is -0.285 e. The molecule has 0 radical (unpaired) electrons. The van der Waals surface area contributed by atoms with Crippen LogP contribution in [0.4, 0.5) is 0 Å². The van der Waals surface area contributed by atoms with E-state index in [1.807, 2.05) is 0 Å². The van der Waals surface area contributed by atoms with Crippen LogP contribution in [0.2, 0.25) is 0 Å². The summed E-state index contributed by atoms with van der Waals surface area (Å²) in [5.41, 5.74) is 0. The van der Waals surface area contributed by atoms with E-state index in [0.717, 1.165) is 0 Å². The van der Waals surface area contributed by atoms with Gasteiger partial charge in [-0.1, -0.05) is 0 Å². The largest absolute Gasteiger partial charge is 0.394 e. The molecule has 0 aromatic heterocycles. The molecule has 0 spiro atoms. The third-order valence-corrected chi connectivity index (χ3v) is 0. The molecule has 0 aliphatic heterocycles. The van der Waals surface area contributed by atoms with Gasteiger partial charge in [0.25, 0.3) is 20.4 Å². The van der Waals surface area contributed by atoms with E-state index in [9.17, 15) is 0 Å². The van der Waals surface area contributed by atoms with Crippen molar-refractivity contribution in [2.24, 2.45) is 0 Å². The lowest BCUT2D eigenvalue weighted by molar-refractivity contribution is 0.380. The van der Waals surface area contributed by atoms with Gasteiger partial charge in [0.05, 0.1) is 0 Å². The zero-order chi connectivity index (χ0) is 12.6. The van der Waals surface area contributed by atoms with Gasteiger partial charge in [-0.15, -0.1) is 0 Å². The first-order valence-corrected chi connectivity index (χ1v) is 6.79. The Labute approximate surface area is 99.5 Å². The molecule has 10 nitrogen and oxygen atoms in total. The summed E-state index contributed by atoms with van der Waals surface area (Å²) in [6, 6.07) is 0. The summed E-state index contributed by atoms with van der Waals surface area (Å²) in [5, 5.41) is 0. The monoisotopic (exact) mass is 328 g/mol. The molecule has 0 aromatic carbocycles. The fourth-order valence-electron chi connectivity index (χ4n) is 0. The summed E-state index contributed by atoms with van der Waals surface area (Å²) >= 11 is 0.854. The van der Waals surface area contributed by atoms with Gasteiger partial charge in [0.2, 0.25) is 0 Å². The molecule has 0 aliphatic carbocycles. The third kappa shape index (κ3) is 6860. The normalized spacial score (nSPS) is 10.1. The summed E-state index contributed by atoms with van der Waals surface area (Å²) < 4.78 is 78.4. The van der Waals surface area contributed by atoms with E-state index in [0.29, 0.717) is 0 Å². The summed E-state index contributed by atoms with van der Waals surface area (Å²) in [4.78, 5) is 0. The van der Waals surface area contributed by atoms with Crippen molar-refractivity contribution in [1.29, 1.82) is 0 Å². The molecule has 0 fully saturated rings. The standard InChI is InChI=1S/H2O4S.H2O3S2.H2O3S.H2S/c2*1-5(2,3)4;1-4(2)3;/h2*(H2,1,2,3,4);(H2,1,2,3);1H2. The Hall–Kier alpha value is 0.580. The molecule has 0 atom stereocenters. The summed E-state index contributed by atoms with van der Waals surface area (Å²) in [6.07, 6.45) is 0. The first-order chi connectivity index (χ1) is 5.73. The van der Waals surface area contributed by atoms with Gasteiger partial charge in [-0.25, -0.2) is 0 Å². The van der Waals surface area contributed by atoms with Gasteiger partial charge in [0, 0.05) is 11.2 Å². The van der Waals surface area contributed by atoms with Crippen molar-refractivity contribution < 1.29 is 44.2 Å². The molecule has 0 rings (SSSR count). The molecule has 0 aliphatic rings. The van der Waals surface area contributed by atoms with E-state index < -0.39 is 30.8 Å². The molecule has 0 bridgehead atoms. The van der Waals surface area contributed by atoms with Gasteiger partial charge in [0.1, 0.15) is 0 Å². The topological polar surface area (TPSA) is 190 Å². The van der Waals surface area contributed by atoms with Gasteiger partial charge in [-0.05, 0) is 0 Å². The molecule has 15 heteroatoms. The van der Waals surface area contributed by atoms with Crippen LogP contribution in [0.15, 0.2) is 0 Å². The van der Waals surface area contributed by atoms with Gasteiger partial charge in [-0.3, -0.25) is 27.3 Å². The minimum absolute atomic E-state index is 0. The van der Waals surface area contributed by atoms with Crippen molar-refractivity contribution >= 4 is 55.5 Å². The maximum Gasteiger partial charge on any atom is 0.394 e. The van der Waals surface area contributed by atoms with Crippen molar-refractivity contribution in [2.45, 2.75) is 0 Å². The van der Waals surface area contributed by atoms with E-state index in [1.54, 1.807) is 0 Å². The second-order valence-electron chi connectivity index (χ2n) is 1.13. The highest BCUT2D eigenvalue weighted by Gasteiger charge is 1.84. The highest BCUT2D eigenvalue weighted by atomic mass is 32.9. The molecule has 0 heterocycles. The Bertz CT molecular complexity index is 280. The molecule has 6 N–H and O–H groups in total. The van der Waals surface area contributed by atoms with Gasteiger partial charge >= 0.3 is 10.4 Å². The fraction of sp³-hybridized carbons (Fsp3) is 0. The Morgan fingerprint density at radius 1 is 0.933 bits per heavy atom. The maximum atomic E-state index is 9.11. The van der Waals surface area contributed by atoms with E-state index in [2.05, 4.69) is 11.2 Å². The average molecular weight is 328 g/mol. The van der Waals surface area contributed by atoms with Gasteiger partial charge < -0.3 is 0 Å². The molecule has 15 heavy (non-hydrogen) atoms. The molecule has 0 saturated heterocycles. The molecule has 0 amide bonds. The Balaban J connectivity index is -0.0000000590. The van der Waals surface area contributed by atoms with Crippen LogP contribution in [0, 0.1) is 0 Å². The van der Waals surface area contributed by atoms with Gasteiger partial charge in [-0.2, -0.15) is 30.3 Å². The first-order valence-electron chi connectivity index (χ1n) is 1.93. The average Bonchev–Trinajstić information content (AvgIpc) is 1.45. The van der Waals surface area contributed by atoms with E-state index in [4.69, 9.17) is 44.2 Å². The highest BCUT2D eigenvalue weighted by Crippen LogP contribution is 1.62. The number of hydrogen-bond donors (Lipinski definition) is 6. The first kappa shape index (κ1) is 24.7. The predicted octanol–water partition coefficient (Wildman–Crippen LogP) is -1.18. The van der Waals surface area contributed by atoms with E-state index >= 15 is 0 Å². The van der Waals surface area contributed by atoms with Crippen molar-refractivity contribution in [3.63, 3.8) is 0 Å². The maximum absolute atomic E-state index is 9.11. The van der Waals surface area contributed by atoms with Crippen LogP contribution in [0.5, 0.6) is 0 Å². The smallest absolute Gasteiger partial charge is 0.285 e. The number of hydrogen-bond acceptors (Lipinski definition) is 5. The summed E-state index contributed by atoms with van der Waals surface area (Å²) in [7, 11) is -8.50. The molecule has 0 saturated carbocycles. The van der Waals surface area contributed by atoms with Crippen LogP contribution in [-0.4, -0.2) is 44.2 Å². The van der Waals surface area contributed by atoms with Crippen molar-refractivity contribution in [3.05, 3.63) is 0 Å². The van der Waals surface area contributed by atoms with Gasteiger partial charge in [0.15, 0.2) is 0 Å². The fourth-order valence-corrected chi connectivity index (χ4v) is 0. The highest BCUT2D eigenvalue weighted by molar-refractivity contribution is 8.26. The zero-order valence-corrected chi connectivity index (χ0v) is 10.7. The molecule has 0 aromatic rings. The number of rotatable bonds is 0. The van der Waals surface area contributed by atoms with Crippen LogP contribution < -0.4 is 0 Å². The van der Waals surface area contributed by atoms with E-state index in [1.165, 1.54) is 0 Å². The summed E-state index contributed by atoms with van der Waals surface area (Å²) in [5.74, 6) is 0. The molecule has 0 unspecified atom stereocenters. The SMILES string of the molecule is O=S(=O)(O)O.O=S(O)(O)=S.O=S(O)O.S. The van der Waals surface area contributed by atoms with Crippen molar-refractivity contribution in [3.8, 4) is 0 Å². The van der Waals surface area contributed by atoms with Crippen LogP contribution >= 0.6 is 13.5 Å². The quantitative estimate of drug-likeness (QED) is 0.232. The predicted molar refractivity (Wildman–Crippen MR) is 58.7 cm³/mol. The van der Waals surface area contributed by atoms with E-state index in [-0.39, 0.29) is 13.5 Å². The summed E-state index contributed by atoms with van der Waals surface area (Å²) in [6.45, 7) is 0.